The Hall–Kier alpha value is -2.04. The Bertz CT molecular complexity index is 660. The summed E-state index contributed by atoms with van der Waals surface area (Å²) in [5, 5.41) is 9.56. The lowest BCUT2D eigenvalue weighted by Crippen LogP contribution is -2.52. The maximum absolute atomic E-state index is 12.6. The molecule has 2 saturated heterocycles. The Morgan fingerprint density at radius 3 is 2.58 bits per heavy atom. The summed E-state index contributed by atoms with van der Waals surface area (Å²) in [7, 11) is 0. The number of carbonyl (C=O) groups excluding carboxylic acids is 2. The molecule has 2 amide bonds. The number of amides is 2. The molecule has 5 heteroatoms. The SMILES string of the molecule is O=C(c1cccc(O)c1)N1CCC2(CCC(=O)N(C3CC3)C2)CC1. The number of hydrogen-bond acceptors (Lipinski definition) is 3. The van der Waals surface area contributed by atoms with Gasteiger partial charge in [0, 0.05) is 37.7 Å². The van der Waals surface area contributed by atoms with E-state index in [1.54, 1.807) is 18.2 Å². The topological polar surface area (TPSA) is 60.9 Å². The Balaban J connectivity index is 1.41. The monoisotopic (exact) mass is 328 g/mol. The molecule has 0 aromatic heterocycles. The average Bonchev–Trinajstić information content (AvgIpc) is 3.42. The van der Waals surface area contributed by atoms with Crippen molar-refractivity contribution in [2.24, 2.45) is 5.41 Å². The Labute approximate surface area is 142 Å². The summed E-state index contributed by atoms with van der Waals surface area (Å²) >= 11 is 0. The summed E-state index contributed by atoms with van der Waals surface area (Å²) in [5.41, 5.74) is 0.746. The third-order valence-electron chi connectivity index (χ3n) is 5.89. The molecular weight excluding hydrogens is 304 g/mol. The van der Waals surface area contributed by atoms with Crippen LogP contribution in [0.5, 0.6) is 5.75 Å². The molecule has 2 aliphatic heterocycles. The van der Waals surface area contributed by atoms with Crippen LogP contribution in [0.1, 0.15) is 48.9 Å². The number of benzene rings is 1. The Morgan fingerprint density at radius 1 is 1.17 bits per heavy atom. The van der Waals surface area contributed by atoms with Gasteiger partial charge in [-0.3, -0.25) is 9.59 Å². The second-order valence-electron chi connectivity index (χ2n) is 7.60. The Kier molecular flexibility index (Phi) is 3.74. The van der Waals surface area contributed by atoms with Crippen LogP contribution in [-0.4, -0.2) is 52.4 Å². The standard InChI is InChI=1S/C19H24N2O3/c22-16-3-1-2-14(12-16)18(24)20-10-8-19(9-11-20)7-6-17(23)21(13-19)15-4-5-15/h1-3,12,15,22H,4-11,13H2. The maximum Gasteiger partial charge on any atom is 0.253 e. The van der Waals surface area contributed by atoms with Crippen molar-refractivity contribution in [1.29, 1.82) is 0 Å². The number of rotatable bonds is 2. The van der Waals surface area contributed by atoms with E-state index in [0.29, 0.717) is 23.9 Å². The molecule has 1 aromatic rings. The minimum absolute atomic E-state index is 0.00770. The van der Waals surface area contributed by atoms with E-state index in [-0.39, 0.29) is 17.1 Å². The molecule has 1 spiro atoms. The fourth-order valence-corrected chi connectivity index (χ4v) is 4.18. The summed E-state index contributed by atoms with van der Waals surface area (Å²) in [5.74, 6) is 0.438. The molecule has 128 valence electrons. The number of carbonyl (C=O) groups is 2. The first-order valence-electron chi connectivity index (χ1n) is 8.94. The molecule has 1 aromatic carbocycles. The van der Waals surface area contributed by atoms with E-state index in [4.69, 9.17) is 0 Å². The second kappa shape index (κ2) is 5.80. The van der Waals surface area contributed by atoms with Gasteiger partial charge < -0.3 is 14.9 Å². The van der Waals surface area contributed by atoms with Gasteiger partial charge in [-0.15, -0.1) is 0 Å². The van der Waals surface area contributed by atoms with Crippen LogP contribution in [0.25, 0.3) is 0 Å². The van der Waals surface area contributed by atoms with Crippen LogP contribution in [0.2, 0.25) is 0 Å². The number of hydrogen-bond donors (Lipinski definition) is 1. The molecule has 2 heterocycles. The van der Waals surface area contributed by atoms with Gasteiger partial charge in [0.15, 0.2) is 0 Å². The molecule has 1 N–H and O–H groups in total. The quantitative estimate of drug-likeness (QED) is 0.907. The third-order valence-corrected chi connectivity index (χ3v) is 5.89. The highest BCUT2D eigenvalue weighted by atomic mass is 16.3. The first-order chi connectivity index (χ1) is 11.6. The van der Waals surface area contributed by atoms with Crippen molar-refractivity contribution in [3.8, 4) is 5.75 Å². The molecule has 1 saturated carbocycles. The summed E-state index contributed by atoms with van der Waals surface area (Å²) in [6, 6.07) is 7.05. The van der Waals surface area contributed by atoms with Crippen LogP contribution in [-0.2, 0) is 4.79 Å². The van der Waals surface area contributed by atoms with Gasteiger partial charge in [0.05, 0.1) is 0 Å². The van der Waals surface area contributed by atoms with Gasteiger partial charge in [0.2, 0.25) is 5.91 Å². The predicted octanol–water partition coefficient (Wildman–Crippen LogP) is 2.40. The number of aromatic hydroxyl groups is 1. The average molecular weight is 328 g/mol. The summed E-state index contributed by atoms with van der Waals surface area (Å²) in [6.45, 7) is 2.35. The normalized spacial score (nSPS) is 23.6. The zero-order valence-corrected chi connectivity index (χ0v) is 13.9. The van der Waals surface area contributed by atoms with Crippen molar-refractivity contribution in [3.05, 3.63) is 29.8 Å². The zero-order chi connectivity index (χ0) is 16.7. The van der Waals surface area contributed by atoms with Gasteiger partial charge in [-0.1, -0.05) is 6.07 Å². The summed E-state index contributed by atoms with van der Waals surface area (Å²) in [6.07, 6.45) is 5.87. The summed E-state index contributed by atoms with van der Waals surface area (Å²) in [4.78, 5) is 28.7. The van der Waals surface area contributed by atoms with Crippen LogP contribution >= 0.6 is 0 Å². The smallest absolute Gasteiger partial charge is 0.253 e. The van der Waals surface area contributed by atoms with Crippen LogP contribution < -0.4 is 0 Å². The summed E-state index contributed by atoms with van der Waals surface area (Å²) < 4.78 is 0. The van der Waals surface area contributed by atoms with Crippen molar-refractivity contribution in [1.82, 2.24) is 9.80 Å². The maximum atomic E-state index is 12.6. The number of piperidine rings is 2. The molecule has 3 fully saturated rings. The predicted molar refractivity (Wildman–Crippen MR) is 89.6 cm³/mol. The van der Waals surface area contributed by atoms with Crippen LogP contribution in [0, 0.1) is 5.41 Å². The van der Waals surface area contributed by atoms with Gasteiger partial charge in [0.1, 0.15) is 5.75 Å². The number of phenols is 1. The number of likely N-dealkylation sites (tertiary alicyclic amines) is 2. The Morgan fingerprint density at radius 2 is 1.92 bits per heavy atom. The van der Waals surface area contributed by atoms with E-state index in [1.165, 1.54) is 6.07 Å². The van der Waals surface area contributed by atoms with Gasteiger partial charge in [-0.2, -0.15) is 0 Å². The third kappa shape index (κ3) is 2.87. The van der Waals surface area contributed by atoms with E-state index in [9.17, 15) is 14.7 Å². The largest absolute Gasteiger partial charge is 0.508 e. The highest BCUT2D eigenvalue weighted by Gasteiger charge is 2.45. The van der Waals surface area contributed by atoms with Gasteiger partial charge in [0.25, 0.3) is 5.91 Å². The number of phenolic OH excluding ortho intramolecular Hbond substituents is 1. The molecule has 0 radical (unpaired) electrons. The van der Waals surface area contributed by atoms with Crippen LogP contribution in [0.15, 0.2) is 24.3 Å². The van der Waals surface area contributed by atoms with Crippen LogP contribution in [0.4, 0.5) is 0 Å². The first-order valence-corrected chi connectivity index (χ1v) is 8.94. The van der Waals surface area contributed by atoms with Gasteiger partial charge in [-0.05, 0) is 55.7 Å². The highest BCUT2D eigenvalue weighted by molar-refractivity contribution is 5.94. The van der Waals surface area contributed by atoms with Gasteiger partial charge >= 0.3 is 0 Å². The molecule has 24 heavy (non-hydrogen) atoms. The van der Waals surface area contributed by atoms with E-state index in [0.717, 1.165) is 51.7 Å². The van der Waals surface area contributed by atoms with Crippen LogP contribution in [0.3, 0.4) is 0 Å². The molecular formula is C19H24N2O3. The second-order valence-corrected chi connectivity index (χ2v) is 7.60. The minimum Gasteiger partial charge on any atom is -0.508 e. The zero-order valence-electron chi connectivity index (χ0n) is 13.9. The molecule has 0 atom stereocenters. The first kappa shape index (κ1) is 15.5. The molecule has 3 aliphatic rings. The van der Waals surface area contributed by atoms with E-state index in [1.807, 2.05) is 4.90 Å². The van der Waals surface area contributed by atoms with Crippen molar-refractivity contribution < 1.29 is 14.7 Å². The van der Waals surface area contributed by atoms with Crippen molar-refractivity contribution in [3.63, 3.8) is 0 Å². The molecule has 1 aliphatic carbocycles. The molecule has 5 nitrogen and oxygen atoms in total. The van der Waals surface area contributed by atoms with Gasteiger partial charge in [-0.25, -0.2) is 0 Å². The highest BCUT2D eigenvalue weighted by Crippen LogP contribution is 2.43. The molecule has 4 rings (SSSR count). The van der Waals surface area contributed by atoms with Crippen molar-refractivity contribution >= 4 is 11.8 Å². The van der Waals surface area contributed by atoms with E-state index >= 15 is 0 Å². The number of nitrogens with zero attached hydrogens (tertiary/aromatic N) is 2. The van der Waals surface area contributed by atoms with Crippen molar-refractivity contribution in [2.75, 3.05) is 19.6 Å². The lowest BCUT2D eigenvalue weighted by atomic mass is 9.72. The minimum atomic E-state index is -0.00770. The van der Waals surface area contributed by atoms with E-state index in [2.05, 4.69) is 4.90 Å². The lowest BCUT2D eigenvalue weighted by Gasteiger charge is -2.47. The fraction of sp³-hybridized carbons (Fsp3) is 0.579. The molecule has 0 bridgehead atoms. The lowest BCUT2D eigenvalue weighted by molar-refractivity contribution is -0.139. The van der Waals surface area contributed by atoms with Crippen molar-refractivity contribution in [2.45, 2.75) is 44.6 Å². The fourth-order valence-electron chi connectivity index (χ4n) is 4.18. The molecule has 0 unspecified atom stereocenters. The van der Waals surface area contributed by atoms with E-state index < -0.39 is 0 Å².